The molecular weight excluding hydrogens is 364 g/mol. The summed E-state index contributed by atoms with van der Waals surface area (Å²) in [4.78, 5) is 20.1. The van der Waals surface area contributed by atoms with Gasteiger partial charge in [-0.25, -0.2) is 4.98 Å². The van der Waals surface area contributed by atoms with Crippen LogP contribution in [0.5, 0.6) is 5.75 Å². The molecule has 0 bridgehead atoms. The Morgan fingerprint density at radius 1 is 1.44 bits per heavy atom. The van der Waals surface area contributed by atoms with E-state index in [0.717, 1.165) is 45.8 Å². The first-order chi connectivity index (χ1) is 13.0. The maximum Gasteiger partial charge on any atom is 0.263 e. The average Bonchev–Trinajstić information content (AvgIpc) is 3.04. The standard InChI is InChI=1S/C19H24N4O3S/c1-19(2)11-13-16(17(24)22-19)27-18(21-13)23-7-9-26-15-10-12(4-5-14(15)23)20-6-8-25-3/h4-5,10,20H,6-9,11H2,1-3H3,(H,22,24). The molecule has 2 aliphatic heterocycles. The van der Waals surface area contributed by atoms with Crippen molar-refractivity contribution in [2.45, 2.75) is 25.8 Å². The molecule has 1 aromatic carbocycles. The molecule has 0 fully saturated rings. The molecule has 4 rings (SSSR count). The molecule has 2 aliphatic rings. The van der Waals surface area contributed by atoms with Crippen LogP contribution in [0, 0.1) is 0 Å². The van der Waals surface area contributed by atoms with Gasteiger partial charge < -0.3 is 25.0 Å². The molecule has 1 aromatic heterocycles. The van der Waals surface area contributed by atoms with Gasteiger partial charge in [-0.05, 0) is 26.0 Å². The topological polar surface area (TPSA) is 75.7 Å². The molecule has 0 saturated heterocycles. The molecule has 8 heteroatoms. The van der Waals surface area contributed by atoms with Gasteiger partial charge in [0.2, 0.25) is 0 Å². The molecule has 1 amide bonds. The highest BCUT2D eigenvalue weighted by Crippen LogP contribution is 2.41. The highest BCUT2D eigenvalue weighted by Gasteiger charge is 2.34. The number of thiazole rings is 1. The zero-order chi connectivity index (χ0) is 19.0. The maximum absolute atomic E-state index is 12.4. The number of fused-ring (bicyclic) bond motifs is 2. The molecule has 0 unspecified atom stereocenters. The number of aromatic nitrogens is 1. The second-order valence-electron chi connectivity index (χ2n) is 7.39. The summed E-state index contributed by atoms with van der Waals surface area (Å²) in [6.07, 6.45) is 0.740. The summed E-state index contributed by atoms with van der Waals surface area (Å²) < 4.78 is 10.9. The van der Waals surface area contributed by atoms with Crippen LogP contribution in [0.15, 0.2) is 18.2 Å². The molecular formula is C19H24N4O3S. The van der Waals surface area contributed by atoms with E-state index in [1.807, 2.05) is 32.0 Å². The summed E-state index contributed by atoms with van der Waals surface area (Å²) in [5.74, 6) is 0.790. The highest BCUT2D eigenvalue weighted by atomic mass is 32.1. The van der Waals surface area contributed by atoms with Crippen molar-refractivity contribution < 1.29 is 14.3 Å². The molecule has 0 atom stereocenters. The van der Waals surface area contributed by atoms with Crippen molar-refractivity contribution in [2.24, 2.45) is 0 Å². The number of nitrogens with zero attached hydrogens (tertiary/aromatic N) is 2. The Labute approximate surface area is 162 Å². The maximum atomic E-state index is 12.4. The number of hydrogen-bond acceptors (Lipinski definition) is 7. The van der Waals surface area contributed by atoms with Gasteiger partial charge in [0, 0.05) is 37.4 Å². The van der Waals surface area contributed by atoms with Gasteiger partial charge >= 0.3 is 0 Å². The number of anilines is 3. The summed E-state index contributed by atoms with van der Waals surface area (Å²) in [7, 11) is 1.69. The van der Waals surface area contributed by atoms with Crippen LogP contribution in [0.3, 0.4) is 0 Å². The predicted octanol–water partition coefficient (Wildman–Crippen LogP) is 2.80. The molecule has 27 heavy (non-hydrogen) atoms. The minimum atomic E-state index is -0.263. The second-order valence-corrected chi connectivity index (χ2v) is 8.37. The van der Waals surface area contributed by atoms with Crippen LogP contribution in [0.2, 0.25) is 0 Å². The van der Waals surface area contributed by atoms with Gasteiger partial charge in [0.05, 0.1) is 24.5 Å². The number of amides is 1. The van der Waals surface area contributed by atoms with Crippen molar-refractivity contribution in [3.05, 3.63) is 28.8 Å². The van der Waals surface area contributed by atoms with E-state index in [4.69, 9.17) is 14.5 Å². The first kappa shape index (κ1) is 18.1. The first-order valence-corrected chi connectivity index (χ1v) is 9.88. The van der Waals surface area contributed by atoms with Crippen molar-refractivity contribution in [2.75, 3.05) is 43.6 Å². The molecule has 3 heterocycles. The van der Waals surface area contributed by atoms with Crippen LogP contribution in [-0.4, -0.2) is 49.8 Å². The zero-order valence-corrected chi connectivity index (χ0v) is 16.6. The van der Waals surface area contributed by atoms with Crippen molar-refractivity contribution in [1.82, 2.24) is 10.3 Å². The normalized spacial score (nSPS) is 17.6. The Balaban J connectivity index is 1.61. The van der Waals surface area contributed by atoms with Crippen molar-refractivity contribution >= 4 is 33.8 Å². The lowest BCUT2D eigenvalue weighted by Gasteiger charge is -2.29. The zero-order valence-electron chi connectivity index (χ0n) is 15.8. The van der Waals surface area contributed by atoms with E-state index in [9.17, 15) is 4.79 Å². The van der Waals surface area contributed by atoms with Crippen LogP contribution < -0.4 is 20.3 Å². The molecule has 7 nitrogen and oxygen atoms in total. The number of benzene rings is 1. The SMILES string of the molecule is COCCNc1ccc2c(c1)OCCN2c1nc2c(s1)C(=O)NC(C)(C)C2. The van der Waals surface area contributed by atoms with E-state index in [1.54, 1.807) is 7.11 Å². The third-order valence-corrected chi connectivity index (χ3v) is 5.76. The molecule has 2 N–H and O–H groups in total. The van der Waals surface area contributed by atoms with Crippen LogP contribution in [0.25, 0.3) is 0 Å². The van der Waals surface area contributed by atoms with Gasteiger partial charge in [-0.3, -0.25) is 4.79 Å². The predicted molar refractivity (Wildman–Crippen MR) is 107 cm³/mol. The number of rotatable bonds is 5. The van der Waals surface area contributed by atoms with Crippen LogP contribution in [0.1, 0.15) is 29.2 Å². The third kappa shape index (κ3) is 3.59. The van der Waals surface area contributed by atoms with E-state index in [2.05, 4.69) is 15.5 Å². The fourth-order valence-corrected chi connectivity index (χ4v) is 4.42. The molecule has 144 valence electrons. The van der Waals surface area contributed by atoms with Gasteiger partial charge in [-0.1, -0.05) is 11.3 Å². The Morgan fingerprint density at radius 2 is 2.30 bits per heavy atom. The second kappa shape index (κ2) is 7.01. The number of nitrogens with one attached hydrogen (secondary N) is 2. The lowest BCUT2D eigenvalue weighted by molar-refractivity contribution is 0.0901. The minimum absolute atomic E-state index is 0.0313. The van der Waals surface area contributed by atoms with E-state index in [1.165, 1.54) is 11.3 Å². The fourth-order valence-electron chi connectivity index (χ4n) is 3.40. The van der Waals surface area contributed by atoms with Gasteiger partial charge in [-0.15, -0.1) is 0 Å². The highest BCUT2D eigenvalue weighted by molar-refractivity contribution is 7.17. The van der Waals surface area contributed by atoms with Crippen LogP contribution >= 0.6 is 11.3 Å². The lowest BCUT2D eigenvalue weighted by atomic mass is 9.94. The Kier molecular flexibility index (Phi) is 4.69. The largest absolute Gasteiger partial charge is 0.489 e. The molecule has 2 aromatic rings. The molecule has 0 aliphatic carbocycles. The van der Waals surface area contributed by atoms with E-state index < -0.39 is 0 Å². The summed E-state index contributed by atoms with van der Waals surface area (Å²) in [5.41, 5.74) is 2.59. The smallest absolute Gasteiger partial charge is 0.263 e. The monoisotopic (exact) mass is 388 g/mol. The lowest BCUT2D eigenvalue weighted by Crippen LogP contribution is -2.48. The number of carbonyl (C=O) groups is 1. The Morgan fingerprint density at radius 3 is 3.11 bits per heavy atom. The number of hydrogen-bond donors (Lipinski definition) is 2. The molecule has 0 radical (unpaired) electrons. The van der Waals surface area contributed by atoms with Gasteiger partial charge in [0.1, 0.15) is 17.2 Å². The van der Waals surface area contributed by atoms with Crippen molar-refractivity contribution in [1.29, 1.82) is 0 Å². The van der Waals surface area contributed by atoms with Gasteiger partial charge in [0.25, 0.3) is 5.91 Å². The fraction of sp³-hybridized carbons (Fsp3) is 0.474. The Bertz CT molecular complexity index is 865. The number of methoxy groups -OCH3 is 1. The van der Waals surface area contributed by atoms with E-state index in [-0.39, 0.29) is 11.4 Å². The first-order valence-electron chi connectivity index (χ1n) is 9.06. The summed E-state index contributed by atoms with van der Waals surface area (Å²) in [6, 6.07) is 6.06. The average molecular weight is 388 g/mol. The van der Waals surface area contributed by atoms with Crippen molar-refractivity contribution in [3.8, 4) is 5.75 Å². The van der Waals surface area contributed by atoms with Gasteiger partial charge in [0.15, 0.2) is 5.13 Å². The van der Waals surface area contributed by atoms with Crippen molar-refractivity contribution in [3.63, 3.8) is 0 Å². The summed E-state index contributed by atoms with van der Waals surface area (Å²) in [6.45, 7) is 6.72. The summed E-state index contributed by atoms with van der Waals surface area (Å²) in [5, 5.41) is 7.21. The van der Waals surface area contributed by atoms with Crippen LogP contribution in [-0.2, 0) is 11.2 Å². The Hall–Kier alpha value is -2.32. The van der Waals surface area contributed by atoms with E-state index in [0.29, 0.717) is 19.8 Å². The molecule has 0 spiro atoms. The van der Waals surface area contributed by atoms with Crippen LogP contribution in [0.4, 0.5) is 16.5 Å². The van der Waals surface area contributed by atoms with E-state index >= 15 is 0 Å². The number of carbonyl (C=O) groups excluding carboxylic acids is 1. The van der Waals surface area contributed by atoms with Gasteiger partial charge in [-0.2, -0.15) is 0 Å². The summed E-state index contributed by atoms with van der Waals surface area (Å²) >= 11 is 1.45. The molecule has 0 saturated carbocycles. The minimum Gasteiger partial charge on any atom is -0.489 e. The number of ether oxygens (including phenoxy) is 2. The quantitative estimate of drug-likeness (QED) is 0.767. The third-order valence-electron chi connectivity index (χ3n) is 4.64.